The lowest BCUT2D eigenvalue weighted by Gasteiger charge is -2.37. The van der Waals surface area contributed by atoms with Crippen molar-refractivity contribution < 1.29 is 9.47 Å². The van der Waals surface area contributed by atoms with Gasteiger partial charge in [0.1, 0.15) is 17.7 Å². The zero-order valence-electron chi connectivity index (χ0n) is 38.5. The molecule has 372 valence electrons. The fraction of sp³-hybridized carbons (Fsp3) is 0.125. The van der Waals surface area contributed by atoms with Crippen molar-refractivity contribution in [1.29, 1.82) is 0 Å². The van der Waals surface area contributed by atoms with Crippen LogP contribution in [0.1, 0.15) is 51.2 Å². The molecule has 10 rings (SSSR count). The number of rotatable bonds is 16. The van der Waals surface area contributed by atoms with Crippen LogP contribution in [-0.2, 0) is 41.3 Å². The average molecular weight is 1150 g/mol. The summed E-state index contributed by atoms with van der Waals surface area (Å²) < 4.78 is 19.0. The van der Waals surface area contributed by atoms with E-state index in [0.717, 1.165) is 48.3 Å². The number of thiophene rings is 1. The second kappa shape index (κ2) is 26.4. The summed E-state index contributed by atoms with van der Waals surface area (Å²) in [6, 6.07) is 46.9. The van der Waals surface area contributed by atoms with Gasteiger partial charge in [0.25, 0.3) is 0 Å². The molecule has 2 unspecified atom stereocenters. The van der Waals surface area contributed by atoms with Crippen molar-refractivity contribution >= 4 is 104 Å². The van der Waals surface area contributed by atoms with Gasteiger partial charge in [0.05, 0.1) is 49.6 Å². The predicted octanol–water partition coefficient (Wildman–Crippen LogP) is 17.7. The molecule has 0 spiro atoms. The third-order valence-electron chi connectivity index (χ3n) is 11.6. The predicted molar refractivity (Wildman–Crippen MR) is 300 cm³/mol. The zero-order chi connectivity index (χ0) is 51.2. The van der Waals surface area contributed by atoms with E-state index in [9.17, 15) is 0 Å². The number of hydrogen-bond donors (Lipinski definition) is 0. The maximum absolute atomic E-state index is 6.69. The summed E-state index contributed by atoms with van der Waals surface area (Å²) in [6.07, 6.45) is 15.8. The smallest absolute Gasteiger partial charge is 0.123 e. The van der Waals surface area contributed by atoms with E-state index in [-0.39, 0.29) is 12.2 Å². The van der Waals surface area contributed by atoms with Crippen LogP contribution in [0.2, 0.25) is 39.5 Å². The minimum Gasteiger partial charge on any atom is -0.367 e. The summed E-state index contributed by atoms with van der Waals surface area (Å²) in [6.45, 7) is 1.91. The van der Waals surface area contributed by atoms with Crippen LogP contribution in [0.3, 0.4) is 0 Å². The highest BCUT2D eigenvalue weighted by atomic mass is 35.5. The number of ether oxygens (including phenoxy) is 2. The molecule has 8 nitrogen and oxygen atoms in total. The van der Waals surface area contributed by atoms with Gasteiger partial charge in [-0.05, 0) is 70.6 Å². The van der Waals surface area contributed by atoms with Crippen molar-refractivity contribution in [2.45, 2.75) is 44.1 Å². The molecule has 17 heteroatoms. The van der Waals surface area contributed by atoms with Gasteiger partial charge in [-0.15, -0.1) is 11.3 Å². The molecular weight excluding hydrogens is 1100 g/mol. The molecule has 0 saturated heterocycles. The van der Waals surface area contributed by atoms with Crippen LogP contribution in [0.4, 0.5) is 0 Å². The van der Waals surface area contributed by atoms with E-state index >= 15 is 0 Å². The van der Waals surface area contributed by atoms with Gasteiger partial charge < -0.3 is 23.2 Å². The third kappa shape index (κ3) is 14.0. The molecule has 0 radical (unpaired) electrons. The lowest BCUT2D eigenvalue weighted by atomic mass is 9.76. The van der Waals surface area contributed by atoms with Crippen LogP contribution < -0.4 is 0 Å². The van der Waals surface area contributed by atoms with Crippen molar-refractivity contribution in [3.63, 3.8) is 0 Å². The summed E-state index contributed by atoms with van der Waals surface area (Å²) in [5, 5.41) is 6.14. The van der Waals surface area contributed by atoms with Crippen LogP contribution in [-0.4, -0.2) is 28.7 Å². The van der Waals surface area contributed by atoms with E-state index in [1.807, 2.05) is 100 Å². The lowest BCUT2D eigenvalue weighted by molar-refractivity contribution is 0.0280. The Balaban J connectivity index is 0.000000146. The largest absolute Gasteiger partial charge is 0.367 e. The quantitative estimate of drug-likeness (QED) is 0.0902. The van der Waals surface area contributed by atoms with Crippen molar-refractivity contribution in [3.05, 3.63) is 286 Å². The van der Waals surface area contributed by atoms with Gasteiger partial charge in [-0.2, -0.15) is 0 Å². The topological polar surface area (TPSA) is 71.9 Å². The monoisotopic (exact) mass is 1140 g/mol. The Kier molecular flexibility index (Phi) is 19.6. The Labute approximate surface area is 468 Å². The Morgan fingerprint density at radius 1 is 0.466 bits per heavy atom. The molecule has 0 aliphatic carbocycles. The number of benzene rings is 6. The first-order valence-corrected chi connectivity index (χ1v) is 26.4. The second-order valence-electron chi connectivity index (χ2n) is 16.3. The highest BCUT2D eigenvalue weighted by Crippen LogP contribution is 2.43. The summed E-state index contributed by atoms with van der Waals surface area (Å²) in [5.41, 5.74) is 6.26. The number of imidazole rings is 3. The van der Waals surface area contributed by atoms with E-state index in [1.54, 1.807) is 61.6 Å². The molecule has 4 heterocycles. The molecule has 0 N–H and O–H groups in total. The summed E-state index contributed by atoms with van der Waals surface area (Å²) in [7, 11) is 0. The minimum atomic E-state index is -0.586. The number of aromatic nitrogens is 6. The SMILES string of the molecule is Clc1ccc(C(Cn2ccnc2)OCc2ccsc2Cl)c(Cl)c1.Clc1ccc(COC(Cn2ccnc2)c2ccc(Cl)cc2Cl)c(Cl)c1.Clc1ccccc1C(c1ccccc1)(c1ccccc1)n1ccnc1. The molecule has 0 aliphatic rings. The van der Waals surface area contributed by atoms with Gasteiger partial charge in [-0.3, -0.25) is 0 Å². The Morgan fingerprint density at radius 2 is 0.945 bits per heavy atom. The lowest BCUT2D eigenvalue weighted by Crippen LogP contribution is -2.37. The first-order valence-electron chi connectivity index (χ1n) is 22.5. The Bertz CT molecular complexity index is 3230. The van der Waals surface area contributed by atoms with Crippen LogP contribution in [0.5, 0.6) is 0 Å². The van der Waals surface area contributed by atoms with E-state index < -0.39 is 5.54 Å². The first kappa shape index (κ1) is 54.2. The zero-order valence-corrected chi connectivity index (χ0v) is 45.4. The van der Waals surface area contributed by atoms with Crippen LogP contribution in [0, 0.1) is 0 Å². The second-order valence-corrected chi connectivity index (χ2v) is 20.8. The summed E-state index contributed by atoms with van der Waals surface area (Å²) >= 11 is 51.2. The number of hydrogen-bond acceptors (Lipinski definition) is 6. The molecule has 0 saturated carbocycles. The Morgan fingerprint density at radius 3 is 1.40 bits per heavy atom. The van der Waals surface area contributed by atoms with Crippen LogP contribution >= 0.6 is 104 Å². The fourth-order valence-corrected chi connectivity index (χ4v) is 10.8. The molecule has 2 atom stereocenters. The van der Waals surface area contributed by atoms with E-state index in [0.29, 0.717) is 56.4 Å². The van der Waals surface area contributed by atoms with Gasteiger partial charge in [0.15, 0.2) is 0 Å². The molecular formula is C56H44Cl8N6O2S. The van der Waals surface area contributed by atoms with Crippen molar-refractivity contribution in [2.75, 3.05) is 0 Å². The van der Waals surface area contributed by atoms with Gasteiger partial charge >= 0.3 is 0 Å². The van der Waals surface area contributed by atoms with Gasteiger partial charge in [0.2, 0.25) is 0 Å². The molecule has 73 heavy (non-hydrogen) atoms. The number of nitrogens with zero attached hydrogens (tertiary/aromatic N) is 6. The normalized spacial score (nSPS) is 12.1. The van der Waals surface area contributed by atoms with Gasteiger partial charge in [-0.25, -0.2) is 15.0 Å². The summed E-state index contributed by atoms with van der Waals surface area (Å²) in [5.74, 6) is 0. The summed E-state index contributed by atoms with van der Waals surface area (Å²) in [4.78, 5) is 12.4. The van der Waals surface area contributed by atoms with Gasteiger partial charge in [0, 0.05) is 94.6 Å². The van der Waals surface area contributed by atoms with Crippen molar-refractivity contribution in [3.8, 4) is 0 Å². The minimum absolute atomic E-state index is 0.232. The molecule has 0 bridgehead atoms. The molecule has 4 aromatic heterocycles. The molecule has 10 aromatic rings. The van der Waals surface area contributed by atoms with Crippen LogP contribution in [0.15, 0.2) is 207 Å². The maximum Gasteiger partial charge on any atom is 0.123 e. The third-order valence-corrected chi connectivity index (χ3v) is 14.9. The van der Waals surface area contributed by atoms with E-state index in [2.05, 4.69) is 74.1 Å². The van der Waals surface area contributed by atoms with Gasteiger partial charge in [-0.1, -0.05) is 190 Å². The Hall–Kier alpha value is -5.11. The molecule has 0 amide bonds. The maximum atomic E-state index is 6.69. The average Bonchev–Trinajstić information content (AvgIpc) is 4.26. The molecule has 0 aliphatic heterocycles. The van der Waals surface area contributed by atoms with E-state index in [4.69, 9.17) is 102 Å². The van der Waals surface area contributed by atoms with Crippen molar-refractivity contribution in [1.82, 2.24) is 28.7 Å². The van der Waals surface area contributed by atoms with E-state index in [1.165, 1.54) is 11.3 Å². The molecule has 6 aromatic carbocycles. The van der Waals surface area contributed by atoms with Crippen molar-refractivity contribution in [2.24, 2.45) is 0 Å². The standard InChI is InChI=1S/C22H17ClN2.C18H14Cl4N2O.C16H13Cl3N2OS/c23-21-14-8-7-13-20(21)22(25-16-15-24-17-25,18-9-3-1-4-10-18)19-11-5-2-6-12-19;19-13-2-1-12(16(21)7-13)10-25-18(9-24-6-5-23-11-24)15-4-3-14(20)8-17(15)22;17-12-1-2-13(14(18)7-12)15(8-21-5-4-20-10-21)22-9-11-3-6-23-16(11)19/h1-17H;1-8,11,18H,9-10H2;1-7,10,15H,8-9H2. The fourth-order valence-electron chi connectivity index (χ4n) is 8.11. The highest BCUT2D eigenvalue weighted by Gasteiger charge is 2.39. The highest BCUT2D eigenvalue weighted by molar-refractivity contribution is 7.14. The first-order chi connectivity index (χ1) is 35.5. The van der Waals surface area contributed by atoms with Crippen LogP contribution in [0.25, 0.3) is 0 Å². The molecule has 0 fully saturated rings. The number of halogens is 8.